The van der Waals surface area contributed by atoms with Crippen molar-refractivity contribution in [2.45, 2.75) is 38.8 Å². The van der Waals surface area contributed by atoms with Gasteiger partial charge in [0.2, 0.25) is 5.91 Å². The minimum atomic E-state index is -2.54. The van der Waals surface area contributed by atoms with Crippen molar-refractivity contribution in [3.05, 3.63) is 59.7 Å². The molecule has 0 atom stereocenters. The number of hydrogen-bond acceptors (Lipinski definition) is 3. The van der Waals surface area contributed by atoms with E-state index in [-0.39, 0.29) is 24.4 Å². The van der Waals surface area contributed by atoms with Gasteiger partial charge in [0.15, 0.2) is 0 Å². The number of urea groups is 1. The normalized spacial score (nSPS) is 13.4. The largest absolute Gasteiger partial charge is 0.488 e. The van der Waals surface area contributed by atoms with E-state index in [0.717, 1.165) is 30.4 Å². The van der Waals surface area contributed by atoms with Crippen LogP contribution in [0.2, 0.25) is 0 Å². The van der Waals surface area contributed by atoms with Crippen LogP contribution in [0.4, 0.5) is 19.3 Å². The number of alkyl halides is 2. The summed E-state index contributed by atoms with van der Waals surface area (Å²) in [6.45, 7) is -0.136. The SMILES string of the molecule is O=C(NCc1cccc(NC(=O)C2CCC2)c1)NCc1cccc(OCC(F)F)c1. The first-order valence-electron chi connectivity index (χ1n) is 9.91. The van der Waals surface area contributed by atoms with Gasteiger partial charge in [-0.1, -0.05) is 30.7 Å². The van der Waals surface area contributed by atoms with E-state index in [1.54, 1.807) is 24.3 Å². The number of amides is 3. The molecule has 3 rings (SSSR count). The highest BCUT2D eigenvalue weighted by Gasteiger charge is 2.25. The third-order valence-electron chi connectivity index (χ3n) is 4.85. The van der Waals surface area contributed by atoms with Gasteiger partial charge in [0.25, 0.3) is 6.43 Å². The van der Waals surface area contributed by atoms with Gasteiger partial charge in [-0.05, 0) is 48.2 Å². The number of carbonyl (C=O) groups is 2. The zero-order valence-corrected chi connectivity index (χ0v) is 16.5. The molecule has 0 unspecified atom stereocenters. The predicted octanol–water partition coefficient (Wildman–Crippen LogP) is 4.07. The van der Waals surface area contributed by atoms with Gasteiger partial charge in [0, 0.05) is 24.7 Å². The van der Waals surface area contributed by atoms with Gasteiger partial charge >= 0.3 is 6.03 Å². The summed E-state index contributed by atoms with van der Waals surface area (Å²) >= 11 is 0. The fourth-order valence-corrected chi connectivity index (χ4v) is 3.01. The molecule has 30 heavy (non-hydrogen) atoms. The Hall–Kier alpha value is -3.16. The van der Waals surface area contributed by atoms with Gasteiger partial charge in [-0.3, -0.25) is 4.79 Å². The van der Waals surface area contributed by atoms with Crippen molar-refractivity contribution in [1.82, 2.24) is 10.6 Å². The van der Waals surface area contributed by atoms with Crippen LogP contribution in [0.5, 0.6) is 5.75 Å². The molecular formula is C22H25F2N3O3. The minimum absolute atomic E-state index is 0.0452. The van der Waals surface area contributed by atoms with Crippen LogP contribution in [0.3, 0.4) is 0 Å². The number of ether oxygens (including phenoxy) is 1. The highest BCUT2D eigenvalue weighted by Crippen LogP contribution is 2.27. The first-order chi connectivity index (χ1) is 14.5. The van der Waals surface area contributed by atoms with Crippen molar-refractivity contribution < 1.29 is 23.1 Å². The zero-order chi connectivity index (χ0) is 21.3. The molecule has 1 aliphatic rings. The number of anilines is 1. The summed E-state index contributed by atoms with van der Waals surface area (Å²) in [4.78, 5) is 24.1. The molecule has 0 heterocycles. The van der Waals surface area contributed by atoms with Gasteiger partial charge in [-0.2, -0.15) is 0 Å². The zero-order valence-electron chi connectivity index (χ0n) is 16.5. The second-order valence-corrected chi connectivity index (χ2v) is 7.20. The molecular weight excluding hydrogens is 392 g/mol. The van der Waals surface area contributed by atoms with E-state index < -0.39 is 13.0 Å². The molecule has 1 aliphatic carbocycles. The van der Waals surface area contributed by atoms with Crippen molar-refractivity contribution in [2.24, 2.45) is 5.92 Å². The molecule has 6 nitrogen and oxygen atoms in total. The summed E-state index contributed by atoms with van der Waals surface area (Å²) in [5.74, 6) is 0.483. The van der Waals surface area contributed by atoms with Gasteiger partial charge in [-0.15, -0.1) is 0 Å². The van der Waals surface area contributed by atoms with Crippen molar-refractivity contribution in [3.8, 4) is 5.75 Å². The molecule has 8 heteroatoms. The quantitative estimate of drug-likeness (QED) is 0.576. The Morgan fingerprint density at radius 1 is 1.00 bits per heavy atom. The molecule has 1 saturated carbocycles. The molecule has 1 fully saturated rings. The minimum Gasteiger partial charge on any atom is -0.488 e. The fourth-order valence-electron chi connectivity index (χ4n) is 3.01. The topological polar surface area (TPSA) is 79.5 Å². The molecule has 2 aromatic rings. The van der Waals surface area contributed by atoms with E-state index in [1.807, 2.05) is 24.3 Å². The lowest BCUT2D eigenvalue weighted by molar-refractivity contribution is -0.122. The maximum atomic E-state index is 12.2. The van der Waals surface area contributed by atoms with Crippen LogP contribution in [0.1, 0.15) is 30.4 Å². The summed E-state index contributed by atoms with van der Waals surface area (Å²) in [5.41, 5.74) is 2.31. The standard InChI is InChI=1S/C22H25F2N3O3/c23-20(24)14-30-19-9-2-5-16(11-19)13-26-22(29)25-12-15-4-1-8-18(10-15)27-21(28)17-6-3-7-17/h1-2,4-5,8-11,17,20H,3,6-7,12-14H2,(H,27,28)(H2,25,26,29). The van der Waals surface area contributed by atoms with Crippen molar-refractivity contribution in [1.29, 1.82) is 0 Å². The summed E-state index contributed by atoms with van der Waals surface area (Å²) in [7, 11) is 0. The highest BCUT2D eigenvalue weighted by molar-refractivity contribution is 5.93. The molecule has 0 spiro atoms. The van der Waals surface area contributed by atoms with Crippen molar-refractivity contribution in [3.63, 3.8) is 0 Å². The summed E-state index contributed by atoms with van der Waals surface area (Å²) in [6.07, 6.45) is 0.440. The van der Waals surface area contributed by atoms with E-state index >= 15 is 0 Å². The molecule has 2 aromatic carbocycles. The number of rotatable bonds is 9. The average molecular weight is 417 g/mol. The molecule has 0 bridgehead atoms. The number of carbonyl (C=O) groups excluding carboxylic acids is 2. The summed E-state index contributed by atoms with van der Waals surface area (Å²) in [6, 6.07) is 13.6. The van der Waals surface area contributed by atoms with Crippen molar-refractivity contribution in [2.75, 3.05) is 11.9 Å². The number of benzene rings is 2. The predicted molar refractivity (Wildman–Crippen MR) is 109 cm³/mol. The monoisotopic (exact) mass is 417 g/mol. The van der Waals surface area contributed by atoms with E-state index in [9.17, 15) is 18.4 Å². The average Bonchev–Trinajstić information content (AvgIpc) is 2.68. The van der Waals surface area contributed by atoms with Crippen LogP contribution in [-0.4, -0.2) is 25.0 Å². The van der Waals surface area contributed by atoms with Gasteiger partial charge < -0.3 is 20.7 Å². The lowest BCUT2D eigenvalue weighted by atomic mass is 9.85. The first-order valence-corrected chi connectivity index (χ1v) is 9.91. The lowest BCUT2D eigenvalue weighted by Crippen LogP contribution is -2.34. The summed E-state index contributed by atoms with van der Waals surface area (Å²) < 4.78 is 29.4. The Morgan fingerprint density at radius 2 is 1.67 bits per heavy atom. The highest BCUT2D eigenvalue weighted by atomic mass is 19.3. The molecule has 160 valence electrons. The first kappa shape index (κ1) is 21.5. The Kier molecular flexibility index (Phi) is 7.59. The Bertz CT molecular complexity index is 872. The van der Waals surface area contributed by atoms with Gasteiger partial charge in [0.05, 0.1) is 0 Å². The lowest BCUT2D eigenvalue weighted by Gasteiger charge is -2.24. The number of halogens is 2. The maximum absolute atomic E-state index is 12.2. The Balaban J connectivity index is 1.43. The fraction of sp³-hybridized carbons (Fsp3) is 0.364. The molecule has 0 aromatic heterocycles. The summed E-state index contributed by atoms with van der Waals surface area (Å²) in [5, 5.41) is 8.39. The second-order valence-electron chi connectivity index (χ2n) is 7.20. The number of nitrogens with one attached hydrogen (secondary N) is 3. The Labute approximate surface area is 174 Å². The van der Waals surface area contributed by atoms with Crippen LogP contribution >= 0.6 is 0 Å². The molecule has 3 amide bonds. The Morgan fingerprint density at radius 3 is 2.30 bits per heavy atom. The molecule has 0 saturated heterocycles. The smallest absolute Gasteiger partial charge is 0.315 e. The maximum Gasteiger partial charge on any atom is 0.315 e. The van der Waals surface area contributed by atoms with Gasteiger partial charge in [-0.25, -0.2) is 13.6 Å². The molecule has 0 radical (unpaired) electrons. The van der Waals surface area contributed by atoms with Gasteiger partial charge in [0.1, 0.15) is 12.4 Å². The van der Waals surface area contributed by atoms with Crippen LogP contribution in [0, 0.1) is 5.92 Å². The third kappa shape index (κ3) is 6.72. The van der Waals surface area contributed by atoms with Crippen LogP contribution in [0.15, 0.2) is 48.5 Å². The van der Waals surface area contributed by atoms with Crippen LogP contribution in [0.25, 0.3) is 0 Å². The molecule has 3 N–H and O–H groups in total. The van der Waals surface area contributed by atoms with Crippen LogP contribution < -0.4 is 20.7 Å². The number of hydrogen-bond donors (Lipinski definition) is 3. The van der Waals surface area contributed by atoms with E-state index in [0.29, 0.717) is 18.0 Å². The van der Waals surface area contributed by atoms with Crippen molar-refractivity contribution >= 4 is 17.6 Å². The van der Waals surface area contributed by atoms with E-state index in [1.165, 1.54) is 0 Å². The van der Waals surface area contributed by atoms with Crippen LogP contribution in [-0.2, 0) is 17.9 Å². The second kappa shape index (κ2) is 10.6. The van der Waals surface area contributed by atoms with E-state index in [2.05, 4.69) is 16.0 Å². The third-order valence-corrected chi connectivity index (χ3v) is 4.85. The van der Waals surface area contributed by atoms with E-state index in [4.69, 9.17) is 4.74 Å². The molecule has 0 aliphatic heterocycles.